The molecule has 2 heterocycles. The van der Waals surface area contributed by atoms with Gasteiger partial charge in [0.1, 0.15) is 11.9 Å². The van der Waals surface area contributed by atoms with Crippen molar-refractivity contribution < 1.29 is 13.9 Å². The minimum Gasteiger partial charge on any atom is -0.370 e. The molecule has 2 aromatic carbocycles. The molecule has 0 aliphatic carbocycles. The van der Waals surface area contributed by atoms with Crippen LogP contribution in [0.3, 0.4) is 0 Å². The molecule has 1 unspecified atom stereocenters. The van der Waals surface area contributed by atoms with Crippen molar-refractivity contribution in [3.05, 3.63) is 83.8 Å². The number of nitrogens with one attached hydrogen (secondary N) is 1. The number of hydrogen-bond acceptors (Lipinski definition) is 5. The number of benzene rings is 2. The number of amides is 1. The molecule has 3 aromatic rings. The first-order chi connectivity index (χ1) is 13.7. The Bertz CT molecular complexity index is 933. The second-order valence-electron chi connectivity index (χ2n) is 6.45. The molecule has 0 radical (unpaired) electrons. The van der Waals surface area contributed by atoms with Crippen LogP contribution in [0, 0.1) is 5.82 Å². The van der Waals surface area contributed by atoms with E-state index in [1.165, 1.54) is 12.1 Å². The Morgan fingerprint density at radius 2 is 1.82 bits per heavy atom. The molecule has 1 fully saturated rings. The Hall–Kier alpha value is -3.32. The third-order valence-corrected chi connectivity index (χ3v) is 4.55. The molecule has 1 atom stereocenters. The smallest absolute Gasteiger partial charge is 0.276 e. The summed E-state index contributed by atoms with van der Waals surface area (Å²) in [6, 6.07) is 18.9. The maximum Gasteiger partial charge on any atom is 0.276 e. The molecular weight excluding hydrogens is 359 g/mol. The average molecular weight is 378 g/mol. The van der Waals surface area contributed by atoms with Crippen molar-refractivity contribution in [3.63, 3.8) is 0 Å². The monoisotopic (exact) mass is 378 g/mol. The topological polar surface area (TPSA) is 67.4 Å². The SMILES string of the molecule is O=C(Nc1ccccc1)c1ccc(N2CCOC(c3ccc(F)cc3)C2)nn1. The molecule has 1 amide bonds. The van der Waals surface area contributed by atoms with Crippen molar-refractivity contribution in [2.24, 2.45) is 0 Å². The van der Waals surface area contributed by atoms with Crippen LogP contribution < -0.4 is 10.2 Å². The highest BCUT2D eigenvalue weighted by atomic mass is 19.1. The number of carbonyl (C=O) groups excluding carboxylic acids is 1. The highest BCUT2D eigenvalue weighted by Gasteiger charge is 2.23. The summed E-state index contributed by atoms with van der Waals surface area (Å²) in [4.78, 5) is 14.3. The summed E-state index contributed by atoms with van der Waals surface area (Å²) in [7, 11) is 0. The van der Waals surface area contributed by atoms with Crippen molar-refractivity contribution in [1.29, 1.82) is 0 Å². The molecule has 6 nitrogen and oxygen atoms in total. The van der Waals surface area contributed by atoms with Crippen LogP contribution >= 0.6 is 0 Å². The fourth-order valence-corrected chi connectivity index (χ4v) is 3.07. The van der Waals surface area contributed by atoms with Crippen molar-refractivity contribution in [1.82, 2.24) is 10.2 Å². The predicted molar refractivity (Wildman–Crippen MR) is 104 cm³/mol. The Morgan fingerprint density at radius 1 is 1.04 bits per heavy atom. The van der Waals surface area contributed by atoms with Gasteiger partial charge in [0.25, 0.3) is 5.91 Å². The first kappa shape index (κ1) is 18.1. The van der Waals surface area contributed by atoms with E-state index in [2.05, 4.69) is 15.5 Å². The van der Waals surface area contributed by atoms with Gasteiger partial charge in [0.15, 0.2) is 11.5 Å². The minimum absolute atomic E-state index is 0.169. The average Bonchev–Trinajstić information content (AvgIpc) is 2.75. The van der Waals surface area contributed by atoms with Crippen LogP contribution in [0.5, 0.6) is 0 Å². The van der Waals surface area contributed by atoms with Gasteiger partial charge in [-0.25, -0.2) is 4.39 Å². The van der Waals surface area contributed by atoms with Crippen molar-refractivity contribution in [2.45, 2.75) is 6.10 Å². The molecule has 1 saturated heterocycles. The molecule has 0 saturated carbocycles. The van der Waals surface area contributed by atoms with Crippen LogP contribution in [0.4, 0.5) is 15.9 Å². The van der Waals surface area contributed by atoms with Gasteiger partial charge in [-0.05, 0) is 42.0 Å². The quantitative estimate of drug-likeness (QED) is 0.753. The number of hydrogen-bond donors (Lipinski definition) is 1. The number of halogens is 1. The highest BCUT2D eigenvalue weighted by Crippen LogP contribution is 2.25. The van der Waals surface area contributed by atoms with E-state index in [-0.39, 0.29) is 23.5 Å². The van der Waals surface area contributed by atoms with E-state index in [4.69, 9.17) is 4.74 Å². The largest absolute Gasteiger partial charge is 0.370 e. The molecular formula is C21H19FN4O2. The first-order valence-corrected chi connectivity index (χ1v) is 9.01. The lowest BCUT2D eigenvalue weighted by atomic mass is 10.1. The zero-order valence-electron chi connectivity index (χ0n) is 15.1. The Kier molecular flexibility index (Phi) is 5.25. The van der Waals surface area contributed by atoms with E-state index < -0.39 is 0 Å². The summed E-state index contributed by atoms with van der Waals surface area (Å²) in [5.41, 5.74) is 1.86. The summed E-state index contributed by atoms with van der Waals surface area (Å²) >= 11 is 0. The van der Waals surface area contributed by atoms with Gasteiger partial charge in [0.2, 0.25) is 0 Å². The predicted octanol–water partition coefficient (Wildman–Crippen LogP) is 3.45. The number of para-hydroxylation sites is 1. The van der Waals surface area contributed by atoms with Gasteiger partial charge in [-0.3, -0.25) is 4.79 Å². The van der Waals surface area contributed by atoms with Crippen molar-refractivity contribution in [2.75, 3.05) is 29.9 Å². The lowest BCUT2D eigenvalue weighted by Gasteiger charge is -2.33. The van der Waals surface area contributed by atoms with Crippen LogP contribution in [-0.4, -0.2) is 35.8 Å². The van der Waals surface area contributed by atoms with E-state index >= 15 is 0 Å². The summed E-state index contributed by atoms with van der Waals surface area (Å²) in [5.74, 6) is 0.0924. The van der Waals surface area contributed by atoms with Gasteiger partial charge < -0.3 is 15.0 Å². The zero-order chi connectivity index (χ0) is 19.3. The molecule has 0 spiro atoms. The van der Waals surface area contributed by atoms with Crippen LogP contribution in [0.15, 0.2) is 66.7 Å². The van der Waals surface area contributed by atoms with Crippen LogP contribution in [-0.2, 0) is 4.74 Å². The zero-order valence-corrected chi connectivity index (χ0v) is 15.1. The van der Waals surface area contributed by atoms with Gasteiger partial charge in [-0.15, -0.1) is 10.2 Å². The minimum atomic E-state index is -0.309. The van der Waals surface area contributed by atoms with E-state index in [0.29, 0.717) is 31.2 Å². The summed E-state index contributed by atoms with van der Waals surface area (Å²) < 4.78 is 18.9. The lowest BCUT2D eigenvalue weighted by molar-refractivity contribution is 0.0394. The molecule has 28 heavy (non-hydrogen) atoms. The Labute approximate surface area is 162 Å². The van der Waals surface area contributed by atoms with Crippen LogP contribution in [0.2, 0.25) is 0 Å². The number of carbonyl (C=O) groups is 1. The maximum absolute atomic E-state index is 13.1. The number of ether oxygens (including phenoxy) is 1. The number of nitrogens with zero attached hydrogens (tertiary/aromatic N) is 3. The fraction of sp³-hybridized carbons (Fsp3) is 0.190. The van der Waals surface area contributed by atoms with E-state index in [1.54, 1.807) is 24.3 Å². The highest BCUT2D eigenvalue weighted by molar-refractivity contribution is 6.02. The van der Waals surface area contributed by atoms with Gasteiger partial charge >= 0.3 is 0 Å². The van der Waals surface area contributed by atoms with Gasteiger partial charge in [0.05, 0.1) is 6.61 Å². The van der Waals surface area contributed by atoms with Crippen LogP contribution in [0.1, 0.15) is 22.2 Å². The Morgan fingerprint density at radius 3 is 2.54 bits per heavy atom. The number of morpholine rings is 1. The molecule has 1 aliphatic rings. The van der Waals surface area contributed by atoms with E-state index in [0.717, 1.165) is 5.56 Å². The summed E-state index contributed by atoms with van der Waals surface area (Å²) in [5, 5.41) is 11.1. The first-order valence-electron chi connectivity index (χ1n) is 9.01. The summed E-state index contributed by atoms with van der Waals surface area (Å²) in [6.07, 6.45) is -0.169. The summed E-state index contributed by atoms with van der Waals surface area (Å²) in [6.45, 7) is 1.78. The van der Waals surface area contributed by atoms with Gasteiger partial charge in [-0.1, -0.05) is 30.3 Å². The van der Waals surface area contributed by atoms with Gasteiger partial charge in [0, 0.05) is 18.8 Å². The van der Waals surface area contributed by atoms with E-state index in [9.17, 15) is 9.18 Å². The molecule has 7 heteroatoms. The van der Waals surface area contributed by atoms with Gasteiger partial charge in [-0.2, -0.15) is 0 Å². The number of anilines is 2. The fourth-order valence-electron chi connectivity index (χ4n) is 3.07. The molecule has 1 aliphatic heterocycles. The number of aromatic nitrogens is 2. The normalized spacial score (nSPS) is 16.6. The third-order valence-electron chi connectivity index (χ3n) is 4.55. The van der Waals surface area contributed by atoms with Crippen molar-refractivity contribution in [3.8, 4) is 0 Å². The van der Waals surface area contributed by atoms with Crippen molar-refractivity contribution >= 4 is 17.4 Å². The maximum atomic E-state index is 13.1. The van der Waals surface area contributed by atoms with Crippen LogP contribution in [0.25, 0.3) is 0 Å². The third kappa shape index (κ3) is 4.15. The molecule has 4 rings (SSSR count). The second kappa shape index (κ2) is 8.14. The molecule has 1 N–H and O–H groups in total. The molecule has 142 valence electrons. The lowest BCUT2D eigenvalue weighted by Crippen LogP contribution is -2.39. The standard InChI is InChI=1S/C21H19FN4O2/c22-16-8-6-15(7-9-16)19-14-26(12-13-28-19)20-11-10-18(24-25-20)21(27)23-17-4-2-1-3-5-17/h1-11,19H,12-14H2,(H,23,27). The molecule has 1 aromatic heterocycles. The second-order valence-corrected chi connectivity index (χ2v) is 6.45. The Balaban J connectivity index is 1.43. The van der Waals surface area contributed by atoms with E-state index in [1.807, 2.05) is 35.2 Å². The molecule has 0 bridgehead atoms. The number of rotatable bonds is 4.